The molecule has 0 aliphatic heterocycles. The number of aromatic nitrogens is 2. The maximum absolute atomic E-state index is 11.4. The molecule has 7 heteroatoms. The van der Waals surface area contributed by atoms with Crippen molar-refractivity contribution in [2.75, 3.05) is 19.0 Å². The number of hydrogen-bond acceptors (Lipinski definition) is 5. The van der Waals surface area contributed by atoms with Gasteiger partial charge in [-0.1, -0.05) is 23.7 Å². The molecular formula is C15H17ClN4O2. The lowest BCUT2D eigenvalue weighted by Crippen LogP contribution is -2.17. The number of ether oxygens (including phenoxy) is 1. The molecule has 2 aromatic rings. The fourth-order valence-electron chi connectivity index (χ4n) is 2.03. The number of hydrogen-bond donors (Lipinski definition) is 2. The van der Waals surface area contributed by atoms with Crippen LogP contribution in [-0.2, 0) is 6.42 Å². The van der Waals surface area contributed by atoms with Gasteiger partial charge in [0.15, 0.2) is 11.0 Å². The van der Waals surface area contributed by atoms with Gasteiger partial charge in [0.25, 0.3) is 5.91 Å². The van der Waals surface area contributed by atoms with Crippen molar-refractivity contribution in [2.45, 2.75) is 13.3 Å². The van der Waals surface area contributed by atoms with E-state index < -0.39 is 5.91 Å². The molecule has 0 fully saturated rings. The molecular weight excluding hydrogens is 304 g/mol. The van der Waals surface area contributed by atoms with E-state index in [1.165, 1.54) is 6.07 Å². The molecule has 0 aliphatic rings. The highest BCUT2D eigenvalue weighted by atomic mass is 35.5. The number of carbonyl (C=O) groups excluding carboxylic acids is 1. The fourth-order valence-corrected chi connectivity index (χ4v) is 2.18. The number of rotatable bonds is 6. The maximum Gasteiger partial charge on any atom is 0.252 e. The predicted octanol–water partition coefficient (Wildman–Crippen LogP) is 2.20. The smallest absolute Gasteiger partial charge is 0.252 e. The van der Waals surface area contributed by atoms with Gasteiger partial charge in [-0.05, 0) is 36.6 Å². The summed E-state index contributed by atoms with van der Waals surface area (Å²) in [5.74, 6) is 0.578. The number of methoxy groups -OCH3 is 1. The second-order valence-corrected chi connectivity index (χ2v) is 5.16. The number of nitrogens with one attached hydrogen (secondary N) is 1. The monoisotopic (exact) mass is 320 g/mol. The van der Waals surface area contributed by atoms with Crippen LogP contribution in [0, 0.1) is 6.92 Å². The van der Waals surface area contributed by atoms with Gasteiger partial charge in [-0.2, -0.15) is 0 Å². The van der Waals surface area contributed by atoms with Gasteiger partial charge in [0.05, 0.1) is 12.7 Å². The van der Waals surface area contributed by atoms with Crippen LogP contribution in [0.5, 0.6) is 5.75 Å². The molecule has 0 saturated carbocycles. The van der Waals surface area contributed by atoms with E-state index >= 15 is 0 Å². The highest BCUT2D eigenvalue weighted by molar-refractivity contribution is 6.29. The topological polar surface area (TPSA) is 90.1 Å². The summed E-state index contributed by atoms with van der Waals surface area (Å²) < 4.78 is 5.30. The summed E-state index contributed by atoms with van der Waals surface area (Å²) in [5, 5.41) is 10.7. The molecule has 1 amide bonds. The van der Waals surface area contributed by atoms with Crippen molar-refractivity contribution in [2.24, 2.45) is 5.73 Å². The molecule has 0 unspecified atom stereocenters. The van der Waals surface area contributed by atoms with Crippen molar-refractivity contribution in [3.05, 3.63) is 46.1 Å². The summed E-state index contributed by atoms with van der Waals surface area (Å²) in [5.41, 5.74) is 7.71. The molecule has 0 saturated heterocycles. The predicted molar refractivity (Wildman–Crippen MR) is 85.5 cm³/mol. The first-order valence-electron chi connectivity index (χ1n) is 6.71. The van der Waals surface area contributed by atoms with Crippen LogP contribution in [0.15, 0.2) is 24.3 Å². The first kappa shape index (κ1) is 16.0. The third-order valence-electron chi connectivity index (χ3n) is 3.21. The standard InChI is InChI=1S/C15H17ClN4O2/c1-9-3-4-10(7-12(9)22-2)5-6-18-15-11(14(17)21)8-13(16)19-20-15/h3-4,7-8H,5-6H2,1-2H3,(H2,17,21)(H,18,20). The normalized spacial score (nSPS) is 10.3. The first-order valence-corrected chi connectivity index (χ1v) is 7.09. The van der Waals surface area contributed by atoms with E-state index in [-0.39, 0.29) is 10.7 Å². The Morgan fingerprint density at radius 1 is 1.36 bits per heavy atom. The van der Waals surface area contributed by atoms with E-state index in [1.54, 1.807) is 7.11 Å². The molecule has 6 nitrogen and oxygen atoms in total. The number of nitrogens with zero attached hydrogens (tertiary/aromatic N) is 2. The maximum atomic E-state index is 11.4. The van der Waals surface area contributed by atoms with Crippen molar-refractivity contribution in [3.8, 4) is 5.75 Å². The summed E-state index contributed by atoms with van der Waals surface area (Å²) in [6, 6.07) is 7.42. The van der Waals surface area contributed by atoms with Crippen LogP contribution < -0.4 is 15.8 Å². The van der Waals surface area contributed by atoms with Gasteiger partial charge in [0.1, 0.15) is 5.75 Å². The third kappa shape index (κ3) is 3.85. The van der Waals surface area contributed by atoms with E-state index in [0.717, 1.165) is 23.3 Å². The number of halogens is 1. The largest absolute Gasteiger partial charge is 0.496 e. The van der Waals surface area contributed by atoms with Gasteiger partial charge < -0.3 is 15.8 Å². The van der Waals surface area contributed by atoms with Crippen molar-refractivity contribution >= 4 is 23.3 Å². The molecule has 0 radical (unpaired) electrons. The van der Waals surface area contributed by atoms with Gasteiger partial charge in [0.2, 0.25) is 0 Å². The number of amides is 1. The highest BCUT2D eigenvalue weighted by Gasteiger charge is 2.11. The molecule has 0 atom stereocenters. The van der Waals surface area contributed by atoms with Crippen molar-refractivity contribution in [1.82, 2.24) is 10.2 Å². The molecule has 0 aliphatic carbocycles. The van der Waals surface area contributed by atoms with Crippen LogP contribution in [0.3, 0.4) is 0 Å². The Labute approximate surface area is 133 Å². The zero-order valence-electron chi connectivity index (χ0n) is 12.4. The Kier molecular flexibility index (Phi) is 5.16. The number of anilines is 1. The SMILES string of the molecule is COc1cc(CCNc2nnc(Cl)cc2C(N)=O)ccc1C. The van der Waals surface area contributed by atoms with Crippen molar-refractivity contribution < 1.29 is 9.53 Å². The quantitative estimate of drug-likeness (QED) is 0.851. The van der Waals surface area contributed by atoms with Crippen LogP contribution in [0.1, 0.15) is 21.5 Å². The van der Waals surface area contributed by atoms with Gasteiger partial charge in [-0.15, -0.1) is 10.2 Å². The summed E-state index contributed by atoms with van der Waals surface area (Å²) in [7, 11) is 1.65. The second-order valence-electron chi connectivity index (χ2n) is 4.77. The Morgan fingerprint density at radius 3 is 2.82 bits per heavy atom. The zero-order valence-corrected chi connectivity index (χ0v) is 13.1. The number of primary amides is 1. The Balaban J connectivity index is 2.04. The van der Waals surface area contributed by atoms with Gasteiger partial charge >= 0.3 is 0 Å². The fraction of sp³-hybridized carbons (Fsp3) is 0.267. The second kappa shape index (κ2) is 7.09. The van der Waals surface area contributed by atoms with Gasteiger partial charge in [-0.25, -0.2) is 0 Å². The van der Waals surface area contributed by atoms with Gasteiger partial charge in [-0.3, -0.25) is 4.79 Å². The summed E-state index contributed by atoms with van der Waals surface area (Å²) in [6.45, 7) is 2.56. The number of aryl methyl sites for hydroxylation is 1. The Morgan fingerprint density at radius 2 is 2.14 bits per heavy atom. The Hall–Kier alpha value is -2.34. The molecule has 116 valence electrons. The molecule has 1 heterocycles. The van der Waals surface area contributed by atoms with E-state index in [4.69, 9.17) is 22.1 Å². The summed E-state index contributed by atoms with van der Waals surface area (Å²) in [6.07, 6.45) is 0.735. The van der Waals surface area contributed by atoms with E-state index in [9.17, 15) is 4.79 Å². The minimum atomic E-state index is -0.601. The van der Waals surface area contributed by atoms with Crippen molar-refractivity contribution in [1.29, 1.82) is 0 Å². The van der Waals surface area contributed by atoms with E-state index in [1.807, 2.05) is 25.1 Å². The van der Waals surface area contributed by atoms with E-state index in [2.05, 4.69) is 15.5 Å². The summed E-state index contributed by atoms with van der Waals surface area (Å²) in [4.78, 5) is 11.4. The zero-order chi connectivity index (χ0) is 16.1. The minimum absolute atomic E-state index is 0.127. The van der Waals surface area contributed by atoms with Crippen LogP contribution in [0.4, 0.5) is 5.82 Å². The number of carbonyl (C=O) groups is 1. The lowest BCUT2D eigenvalue weighted by atomic mass is 10.1. The lowest BCUT2D eigenvalue weighted by Gasteiger charge is -2.10. The summed E-state index contributed by atoms with van der Waals surface area (Å²) >= 11 is 5.72. The number of benzene rings is 1. The van der Waals surface area contributed by atoms with Crippen LogP contribution >= 0.6 is 11.6 Å². The molecule has 0 spiro atoms. The molecule has 22 heavy (non-hydrogen) atoms. The highest BCUT2D eigenvalue weighted by Crippen LogP contribution is 2.19. The first-order chi connectivity index (χ1) is 10.5. The third-order valence-corrected chi connectivity index (χ3v) is 3.39. The number of nitrogens with two attached hydrogens (primary N) is 1. The van der Waals surface area contributed by atoms with Gasteiger partial charge in [0, 0.05) is 6.54 Å². The average Bonchev–Trinajstić information content (AvgIpc) is 2.50. The van der Waals surface area contributed by atoms with Crippen LogP contribution in [0.2, 0.25) is 5.15 Å². The average molecular weight is 321 g/mol. The van der Waals surface area contributed by atoms with Crippen molar-refractivity contribution in [3.63, 3.8) is 0 Å². The Bertz CT molecular complexity index is 691. The minimum Gasteiger partial charge on any atom is -0.496 e. The molecule has 1 aromatic heterocycles. The lowest BCUT2D eigenvalue weighted by molar-refractivity contribution is 0.100. The molecule has 2 rings (SSSR count). The molecule has 1 aromatic carbocycles. The van der Waals surface area contributed by atoms with E-state index in [0.29, 0.717) is 12.4 Å². The van der Waals surface area contributed by atoms with Crippen LogP contribution in [-0.4, -0.2) is 29.8 Å². The van der Waals surface area contributed by atoms with Crippen LogP contribution in [0.25, 0.3) is 0 Å². The molecule has 0 bridgehead atoms. The molecule has 3 N–H and O–H groups in total.